The van der Waals surface area contributed by atoms with Gasteiger partial charge in [0.15, 0.2) is 16.6 Å². The summed E-state index contributed by atoms with van der Waals surface area (Å²) in [5, 5.41) is 3.33. The van der Waals surface area contributed by atoms with Gasteiger partial charge in [0, 0.05) is 13.1 Å². The molecule has 2 amide bonds. The van der Waals surface area contributed by atoms with E-state index in [1.54, 1.807) is 0 Å². The van der Waals surface area contributed by atoms with Crippen molar-refractivity contribution in [1.29, 1.82) is 0 Å². The first-order valence-corrected chi connectivity index (χ1v) is 11.9. The van der Waals surface area contributed by atoms with E-state index in [0.29, 0.717) is 35.4 Å². The van der Waals surface area contributed by atoms with Crippen molar-refractivity contribution in [3.8, 4) is 11.5 Å². The van der Waals surface area contributed by atoms with Gasteiger partial charge in [0.2, 0.25) is 12.7 Å². The van der Waals surface area contributed by atoms with Crippen LogP contribution in [0.4, 0.5) is 5.69 Å². The van der Waals surface area contributed by atoms with Gasteiger partial charge in [-0.2, -0.15) is 0 Å². The van der Waals surface area contributed by atoms with E-state index in [1.807, 2.05) is 83.8 Å². The molecule has 0 radical (unpaired) electrons. The van der Waals surface area contributed by atoms with Gasteiger partial charge in [-0.1, -0.05) is 54.6 Å². The molecule has 0 bridgehead atoms. The van der Waals surface area contributed by atoms with E-state index < -0.39 is 6.04 Å². The number of amides is 2. The van der Waals surface area contributed by atoms with Crippen molar-refractivity contribution < 1.29 is 19.1 Å². The normalized spacial score (nSPS) is 16.6. The lowest BCUT2D eigenvalue weighted by molar-refractivity contribution is -0.127. The zero-order valence-corrected chi connectivity index (χ0v) is 19.9. The van der Waals surface area contributed by atoms with Crippen LogP contribution in [0, 0.1) is 0 Å². The van der Waals surface area contributed by atoms with Crippen molar-refractivity contribution in [2.75, 3.05) is 18.2 Å². The first-order chi connectivity index (χ1) is 17.1. The molecule has 3 aromatic rings. The van der Waals surface area contributed by atoms with Crippen LogP contribution in [0.1, 0.15) is 17.5 Å². The highest BCUT2D eigenvalue weighted by atomic mass is 32.1. The molecule has 3 aromatic carbocycles. The number of para-hydroxylation sites is 1. The molecule has 0 aromatic heterocycles. The second-order valence-electron chi connectivity index (χ2n) is 8.41. The van der Waals surface area contributed by atoms with Crippen LogP contribution in [0.25, 0.3) is 0 Å². The number of thiocarbonyl (C=S) groups is 1. The van der Waals surface area contributed by atoms with E-state index >= 15 is 0 Å². The van der Waals surface area contributed by atoms with Gasteiger partial charge < -0.3 is 19.7 Å². The summed E-state index contributed by atoms with van der Waals surface area (Å²) in [6, 6.07) is 24.2. The predicted octanol–water partition coefficient (Wildman–Crippen LogP) is 3.67. The van der Waals surface area contributed by atoms with E-state index in [2.05, 4.69) is 5.32 Å². The van der Waals surface area contributed by atoms with Gasteiger partial charge in [-0.25, -0.2) is 0 Å². The summed E-state index contributed by atoms with van der Waals surface area (Å²) in [4.78, 5) is 29.7. The van der Waals surface area contributed by atoms with Crippen molar-refractivity contribution in [3.63, 3.8) is 0 Å². The number of hydrogen-bond acceptors (Lipinski definition) is 5. The molecular weight excluding hydrogens is 462 g/mol. The number of carbonyl (C=O) groups is 2. The molecule has 2 heterocycles. The van der Waals surface area contributed by atoms with E-state index in [4.69, 9.17) is 21.7 Å². The number of rotatable bonds is 8. The van der Waals surface area contributed by atoms with Crippen LogP contribution in [0.15, 0.2) is 78.9 Å². The monoisotopic (exact) mass is 487 g/mol. The smallest absolute Gasteiger partial charge is 0.256 e. The van der Waals surface area contributed by atoms with Crippen LogP contribution >= 0.6 is 12.2 Å². The van der Waals surface area contributed by atoms with Crippen molar-refractivity contribution in [2.24, 2.45) is 0 Å². The number of benzene rings is 3. The van der Waals surface area contributed by atoms with Gasteiger partial charge in [-0.3, -0.25) is 14.5 Å². The summed E-state index contributed by atoms with van der Waals surface area (Å²) >= 11 is 5.74. The Balaban J connectivity index is 1.32. The second kappa shape index (κ2) is 10.1. The highest BCUT2D eigenvalue weighted by Crippen LogP contribution is 2.34. The molecule has 0 unspecified atom stereocenters. The Morgan fingerprint density at radius 1 is 0.943 bits per heavy atom. The number of fused-ring (bicyclic) bond motifs is 1. The fraction of sp³-hybridized carbons (Fsp3) is 0.222. The molecule has 8 heteroatoms. The molecule has 178 valence electrons. The van der Waals surface area contributed by atoms with Crippen molar-refractivity contribution in [3.05, 3.63) is 90.0 Å². The molecule has 1 saturated heterocycles. The Bertz CT molecular complexity index is 1240. The van der Waals surface area contributed by atoms with Crippen molar-refractivity contribution in [2.45, 2.75) is 25.4 Å². The molecule has 2 aliphatic rings. The SMILES string of the molecule is O=C(C[C@@H]1C(=O)N(c2ccccc2)C(=S)N1Cc1ccc2c(c1)OCO2)NCCc1ccccc1. The largest absolute Gasteiger partial charge is 0.454 e. The van der Waals surface area contributed by atoms with E-state index in [9.17, 15) is 9.59 Å². The summed E-state index contributed by atoms with van der Waals surface area (Å²) in [6.45, 7) is 1.05. The molecule has 0 aliphatic carbocycles. The molecule has 5 rings (SSSR count). The van der Waals surface area contributed by atoms with Gasteiger partial charge in [0.05, 0.1) is 12.1 Å². The molecule has 1 N–H and O–H groups in total. The Hall–Kier alpha value is -3.91. The molecule has 0 spiro atoms. The number of carbonyl (C=O) groups excluding carboxylic acids is 2. The quantitative estimate of drug-likeness (QED) is 0.489. The van der Waals surface area contributed by atoms with Crippen molar-refractivity contribution in [1.82, 2.24) is 10.2 Å². The fourth-order valence-electron chi connectivity index (χ4n) is 4.30. The Morgan fingerprint density at radius 3 is 2.43 bits per heavy atom. The first kappa shape index (κ1) is 22.9. The molecule has 1 atom stereocenters. The maximum Gasteiger partial charge on any atom is 0.256 e. The van der Waals surface area contributed by atoms with Crippen molar-refractivity contribution >= 4 is 34.8 Å². The lowest BCUT2D eigenvalue weighted by Gasteiger charge is -2.24. The average Bonchev–Trinajstić information content (AvgIpc) is 3.43. The molecule has 35 heavy (non-hydrogen) atoms. The number of nitrogens with zero attached hydrogens (tertiary/aromatic N) is 2. The zero-order valence-electron chi connectivity index (χ0n) is 19.1. The summed E-state index contributed by atoms with van der Waals surface area (Å²) in [6.07, 6.45) is 0.738. The minimum Gasteiger partial charge on any atom is -0.454 e. The van der Waals surface area contributed by atoms with E-state index in [-0.39, 0.29) is 25.0 Å². The molecular formula is C27H25N3O4S. The summed E-state index contributed by atoms with van der Waals surface area (Å²) in [5.41, 5.74) is 2.74. The van der Waals surface area contributed by atoms with Crippen LogP contribution in [-0.4, -0.2) is 41.2 Å². The predicted molar refractivity (Wildman–Crippen MR) is 136 cm³/mol. The highest BCUT2D eigenvalue weighted by Gasteiger charge is 2.44. The standard InChI is InChI=1S/C27H25N3O4S/c31-25(28-14-13-19-7-3-1-4-8-19)16-22-26(32)30(21-9-5-2-6-10-21)27(35)29(22)17-20-11-12-23-24(15-20)34-18-33-23/h1-12,15,22H,13-14,16-18H2,(H,28,31)/t22-/m1/s1. The van der Waals surface area contributed by atoms with Crippen LogP contribution < -0.4 is 19.7 Å². The molecule has 1 fully saturated rings. The fourth-order valence-corrected chi connectivity index (χ4v) is 4.69. The topological polar surface area (TPSA) is 71.1 Å². The van der Waals surface area contributed by atoms with Gasteiger partial charge >= 0.3 is 0 Å². The lowest BCUT2D eigenvalue weighted by Crippen LogP contribution is -2.39. The minimum atomic E-state index is -0.704. The van der Waals surface area contributed by atoms with Gasteiger partial charge in [-0.05, 0) is 54.0 Å². The zero-order chi connectivity index (χ0) is 24.2. The lowest BCUT2D eigenvalue weighted by atomic mass is 10.1. The minimum absolute atomic E-state index is 0.0155. The molecule has 7 nitrogen and oxygen atoms in total. The average molecular weight is 488 g/mol. The third-order valence-electron chi connectivity index (χ3n) is 6.08. The van der Waals surface area contributed by atoms with Crippen LogP contribution in [0.3, 0.4) is 0 Å². The Labute approximate surface area is 209 Å². The maximum absolute atomic E-state index is 13.5. The number of anilines is 1. The maximum atomic E-state index is 13.5. The van der Waals surface area contributed by atoms with Crippen LogP contribution in [-0.2, 0) is 22.6 Å². The summed E-state index contributed by atoms with van der Waals surface area (Å²) in [5.74, 6) is 0.955. The highest BCUT2D eigenvalue weighted by molar-refractivity contribution is 7.80. The summed E-state index contributed by atoms with van der Waals surface area (Å²) < 4.78 is 10.9. The molecule has 2 aliphatic heterocycles. The van der Waals surface area contributed by atoms with Crippen LogP contribution in [0.5, 0.6) is 11.5 Å². The van der Waals surface area contributed by atoms with Gasteiger partial charge in [0.1, 0.15) is 6.04 Å². The third kappa shape index (κ3) is 4.97. The summed E-state index contributed by atoms with van der Waals surface area (Å²) in [7, 11) is 0. The van der Waals surface area contributed by atoms with Gasteiger partial charge in [0.25, 0.3) is 5.91 Å². The Morgan fingerprint density at radius 2 is 1.66 bits per heavy atom. The number of nitrogens with one attached hydrogen (secondary N) is 1. The Kier molecular flexibility index (Phi) is 6.63. The third-order valence-corrected chi connectivity index (χ3v) is 6.50. The second-order valence-corrected chi connectivity index (χ2v) is 8.78. The van der Waals surface area contributed by atoms with Crippen LogP contribution in [0.2, 0.25) is 0 Å². The number of ether oxygens (including phenoxy) is 2. The molecule has 0 saturated carbocycles. The number of hydrogen-bond donors (Lipinski definition) is 1. The van der Waals surface area contributed by atoms with Gasteiger partial charge in [-0.15, -0.1) is 0 Å². The van der Waals surface area contributed by atoms with E-state index in [1.165, 1.54) is 4.90 Å². The first-order valence-electron chi connectivity index (χ1n) is 11.5. The van der Waals surface area contributed by atoms with E-state index in [0.717, 1.165) is 17.5 Å².